The number of rotatable bonds is 20. The van der Waals surface area contributed by atoms with Crippen molar-refractivity contribution in [3.63, 3.8) is 0 Å². The first-order valence-electron chi connectivity index (χ1n) is 23.3. The fraction of sp³-hybridized carbons (Fsp3) is 0.500. The van der Waals surface area contributed by atoms with Crippen molar-refractivity contribution in [3.8, 4) is 0 Å². The van der Waals surface area contributed by atoms with Crippen molar-refractivity contribution in [2.24, 2.45) is 22.5 Å². The number of likely N-dealkylation sites (N-methyl/N-ethyl adjacent to an activating group) is 1. The molecule has 0 amide bonds. The third-order valence-electron chi connectivity index (χ3n) is 13.1. The van der Waals surface area contributed by atoms with Crippen molar-refractivity contribution in [3.05, 3.63) is 102 Å². The summed E-state index contributed by atoms with van der Waals surface area (Å²) >= 11 is 0. The van der Waals surface area contributed by atoms with Gasteiger partial charge in [0.25, 0.3) is 0 Å². The molecule has 3 aliphatic heterocycles. The molecule has 7 rings (SSSR count). The van der Waals surface area contributed by atoms with Crippen molar-refractivity contribution in [2.75, 3.05) is 54.8 Å². The van der Waals surface area contributed by atoms with Gasteiger partial charge in [-0.05, 0) is 125 Å². The van der Waals surface area contributed by atoms with Gasteiger partial charge in [-0.2, -0.15) is 10.2 Å². The SMILES string of the molecule is C=C(N)c1cc(CCC)c2c(c1)NC(NC(=C)C1CC(C)=NN1CC)N2C/C=C/Cn1c(NCC(C)c2cc(C)nn2CC)nc2cc(C(=C)N)cc(CCN3CCC(C)CC3)c21. The number of benzene rings is 2. The summed E-state index contributed by atoms with van der Waals surface area (Å²) < 4.78 is 4.46. The summed E-state index contributed by atoms with van der Waals surface area (Å²) in [4.78, 5) is 10.3. The van der Waals surface area contributed by atoms with Gasteiger partial charge in [-0.25, -0.2) is 4.98 Å². The Hall–Kier alpha value is -5.69. The number of aromatic nitrogens is 4. The molecular weight excluding hydrogens is 783 g/mol. The van der Waals surface area contributed by atoms with Gasteiger partial charge in [-0.3, -0.25) is 9.69 Å². The van der Waals surface area contributed by atoms with Crippen molar-refractivity contribution in [2.45, 2.75) is 118 Å². The quantitative estimate of drug-likeness (QED) is 0.0552. The Morgan fingerprint density at radius 2 is 1.65 bits per heavy atom. The Morgan fingerprint density at radius 1 is 0.937 bits per heavy atom. The molecule has 0 bridgehead atoms. The summed E-state index contributed by atoms with van der Waals surface area (Å²) in [6.07, 6.45) is 10.5. The van der Waals surface area contributed by atoms with Crippen molar-refractivity contribution in [1.82, 2.24) is 34.6 Å². The predicted octanol–water partition coefficient (Wildman–Crippen LogP) is 8.21. The highest BCUT2D eigenvalue weighted by atomic mass is 15.5. The van der Waals surface area contributed by atoms with E-state index in [0.29, 0.717) is 31.0 Å². The van der Waals surface area contributed by atoms with Crippen molar-refractivity contribution < 1.29 is 0 Å². The molecule has 0 aliphatic carbocycles. The highest BCUT2D eigenvalue weighted by Crippen LogP contribution is 2.40. The molecule has 2 aromatic heterocycles. The Morgan fingerprint density at radius 3 is 2.35 bits per heavy atom. The molecule has 13 nitrogen and oxygen atoms in total. The number of nitrogens with one attached hydrogen (secondary N) is 3. The molecule has 3 unspecified atom stereocenters. The largest absolute Gasteiger partial charge is 0.399 e. The third-order valence-corrected chi connectivity index (χ3v) is 13.1. The molecule has 2 aromatic carbocycles. The lowest BCUT2D eigenvalue weighted by Gasteiger charge is -2.32. The number of anilines is 3. The van der Waals surface area contributed by atoms with Gasteiger partial charge < -0.3 is 41.8 Å². The predicted molar refractivity (Wildman–Crippen MR) is 265 cm³/mol. The number of allylic oxidation sites excluding steroid dienone is 1. The molecule has 7 N–H and O–H groups in total. The highest BCUT2D eigenvalue weighted by Gasteiger charge is 2.34. The standard InChI is InChI=1S/C50H73N13/c1-11-16-39-27-41(36(8)51)30-44-47(39)61(50(56-44)54-38(10)46-26-35(7)58-63(46)13-3)21-15-14-20-60-48-40(19-24-59-22-17-32(4)18-23-59)28-42(37(9)52)29-43(48)55-49(60)53-31-33(5)45-25-34(6)57-62(45)12-2/h14-15,25,27-30,32-33,46,50,54,56H,8-13,16-24,26,31,51-52H2,1-7H3,(H,53,55)/b15-14+. The van der Waals surface area contributed by atoms with Crippen LogP contribution in [0, 0.1) is 12.8 Å². The number of hydrogen-bond acceptors (Lipinski definition) is 11. The first-order valence-corrected chi connectivity index (χ1v) is 23.3. The number of hydrazone groups is 1. The topological polar surface area (TPSA) is 146 Å². The smallest absolute Gasteiger partial charge is 0.204 e. The van der Waals surface area contributed by atoms with E-state index in [1.165, 1.54) is 35.3 Å². The van der Waals surface area contributed by atoms with Crippen LogP contribution in [0.4, 0.5) is 17.3 Å². The van der Waals surface area contributed by atoms with Gasteiger partial charge in [-0.15, -0.1) is 0 Å². The normalized spacial score (nSPS) is 18.6. The fourth-order valence-corrected chi connectivity index (χ4v) is 9.58. The molecule has 1 saturated heterocycles. The molecule has 0 saturated carbocycles. The zero-order valence-electron chi connectivity index (χ0n) is 39.1. The van der Waals surface area contributed by atoms with E-state index in [1.54, 1.807) is 0 Å². The number of likely N-dealkylation sites (tertiary alicyclic amines) is 1. The molecule has 338 valence electrons. The number of nitrogens with zero attached hydrogens (tertiary/aromatic N) is 8. The second kappa shape index (κ2) is 19.8. The van der Waals surface area contributed by atoms with Crippen LogP contribution in [-0.4, -0.2) is 86.6 Å². The first kappa shape index (κ1) is 45.3. The number of nitrogens with two attached hydrogens (primary N) is 2. The van der Waals surface area contributed by atoms with E-state index in [-0.39, 0.29) is 18.2 Å². The molecule has 5 heterocycles. The molecule has 13 heteroatoms. The lowest BCUT2D eigenvalue weighted by Crippen LogP contribution is -2.49. The zero-order valence-corrected chi connectivity index (χ0v) is 39.1. The Labute approximate surface area is 376 Å². The minimum atomic E-state index is -0.228. The molecule has 0 spiro atoms. The van der Waals surface area contributed by atoms with E-state index in [9.17, 15) is 0 Å². The van der Waals surface area contributed by atoms with Crippen LogP contribution >= 0.6 is 0 Å². The summed E-state index contributed by atoms with van der Waals surface area (Å²) in [6, 6.07) is 11.0. The number of aryl methyl sites for hydroxylation is 3. The fourth-order valence-electron chi connectivity index (χ4n) is 9.58. The molecule has 63 heavy (non-hydrogen) atoms. The molecule has 3 aliphatic rings. The Kier molecular flexibility index (Phi) is 14.2. The van der Waals surface area contributed by atoms with Gasteiger partial charge in [0, 0.05) is 80.1 Å². The van der Waals surface area contributed by atoms with Gasteiger partial charge in [-0.1, -0.05) is 59.1 Å². The lowest BCUT2D eigenvalue weighted by atomic mass is 9.98. The van der Waals surface area contributed by atoms with E-state index in [0.717, 1.165) is 115 Å². The zero-order chi connectivity index (χ0) is 44.9. The number of piperidine rings is 1. The average Bonchev–Trinajstić information content (AvgIpc) is 4.03. The van der Waals surface area contributed by atoms with Gasteiger partial charge in [0.2, 0.25) is 5.95 Å². The van der Waals surface area contributed by atoms with Crippen LogP contribution in [0.5, 0.6) is 0 Å². The van der Waals surface area contributed by atoms with Crippen LogP contribution in [0.3, 0.4) is 0 Å². The molecular formula is C50H73N13. The average molecular weight is 856 g/mol. The second-order valence-electron chi connectivity index (χ2n) is 18.1. The Bertz CT molecular complexity index is 2360. The second-order valence-corrected chi connectivity index (χ2v) is 18.1. The van der Waals surface area contributed by atoms with Crippen LogP contribution in [-0.2, 0) is 25.9 Å². The molecule has 3 atom stereocenters. The van der Waals surface area contributed by atoms with Crippen LogP contribution in [0.15, 0.2) is 73.0 Å². The van der Waals surface area contributed by atoms with Crippen molar-refractivity contribution >= 4 is 45.5 Å². The molecule has 1 fully saturated rings. The van der Waals surface area contributed by atoms with E-state index < -0.39 is 0 Å². The summed E-state index contributed by atoms with van der Waals surface area (Å²) in [7, 11) is 0. The third kappa shape index (κ3) is 10.1. The van der Waals surface area contributed by atoms with Crippen LogP contribution in [0.1, 0.15) is 107 Å². The Balaban J connectivity index is 1.21. The van der Waals surface area contributed by atoms with Gasteiger partial charge in [0.15, 0.2) is 6.29 Å². The van der Waals surface area contributed by atoms with Crippen LogP contribution in [0.2, 0.25) is 0 Å². The summed E-state index contributed by atoms with van der Waals surface area (Å²) in [5.74, 6) is 1.84. The summed E-state index contributed by atoms with van der Waals surface area (Å²) in [6.45, 7) is 35.0. The van der Waals surface area contributed by atoms with Crippen LogP contribution in [0.25, 0.3) is 22.4 Å². The minimum absolute atomic E-state index is 0.0896. The highest BCUT2D eigenvalue weighted by molar-refractivity contribution is 5.87. The monoisotopic (exact) mass is 856 g/mol. The summed E-state index contributed by atoms with van der Waals surface area (Å²) in [5.41, 5.74) is 26.8. The maximum atomic E-state index is 6.39. The molecule has 0 radical (unpaired) electrons. The maximum absolute atomic E-state index is 6.39. The van der Waals surface area contributed by atoms with Crippen LogP contribution < -0.4 is 32.3 Å². The number of imidazole rings is 1. The molecule has 4 aromatic rings. The van der Waals surface area contributed by atoms with Gasteiger partial charge >= 0.3 is 0 Å². The lowest BCUT2D eigenvalue weighted by molar-refractivity contribution is 0.194. The van der Waals surface area contributed by atoms with E-state index >= 15 is 0 Å². The van der Waals surface area contributed by atoms with E-state index in [1.807, 2.05) is 0 Å². The van der Waals surface area contributed by atoms with E-state index in [2.05, 4.69) is 151 Å². The number of fused-ring (bicyclic) bond motifs is 2. The van der Waals surface area contributed by atoms with E-state index in [4.69, 9.17) is 26.7 Å². The number of hydrogen-bond donors (Lipinski definition) is 5. The van der Waals surface area contributed by atoms with Crippen molar-refractivity contribution in [1.29, 1.82) is 0 Å². The first-order chi connectivity index (χ1) is 30.3. The minimum Gasteiger partial charge on any atom is -0.399 e. The maximum Gasteiger partial charge on any atom is 0.204 e. The summed E-state index contributed by atoms with van der Waals surface area (Å²) in [5, 5.41) is 23.0. The van der Waals surface area contributed by atoms with Gasteiger partial charge in [0.1, 0.15) is 0 Å². The van der Waals surface area contributed by atoms with Gasteiger partial charge in [0.05, 0.1) is 34.1 Å².